The van der Waals surface area contributed by atoms with Crippen molar-refractivity contribution in [2.45, 2.75) is 46.1 Å². The predicted molar refractivity (Wildman–Crippen MR) is 143 cm³/mol. The Morgan fingerprint density at radius 1 is 0.750 bits per heavy atom. The molecule has 0 aliphatic heterocycles. The molecule has 6 heteroatoms. The van der Waals surface area contributed by atoms with Crippen molar-refractivity contribution < 1.29 is 19.5 Å². The summed E-state index contributed by atoms with van der Waals surface area (Å²) in [5, 5.41) is 14.0. The number of hydrogen-bond acceptors (Lipinski definition) is 3. The van der Waals surface area contributed by atoms with Crippen molar-refractivity contribution in [1.82, 2.24) is 10.6 Å². The molecule has 6 nitrogen and oxygen atoms in total. The molecule has 0 spiro atoms. The maximum atomic E-state index is 12.7. The Bertz CT molecular complexity index is 1080. The highest BCUT2D eigenvalue weighted by Gasteiger charge is 2.24. The number of carbonyl (C=O) groups is 3. The van der Waals surface area contributed by atoms with Gasteiger partial charge in [-0.1, -0.05) is 103 Å². The number of aryl methyl sites for hydroxylation is 3. The Hall–Kier alpha value is -3.93. The van der Waals surface area contributed by atoms with Crippen LogP contribution in [0.2, 0.25) is 0 Å². The molecule has 0 unspecified atom stereocenters. The van der Waals surface area contributed by atoms with Crippen LogP contribution in [0.25, 0.3) is 0 Å². The van der Waals surface area contributed by atoms with Crippen molar-refractivity contribution in [3.8, 4) is 0 Å². The molecule has 3 aromatic rings. The lowest BCUT2D eigenvalue weighted by molar-refractivity contribution is -0.138. The summed E-state index contributed by atoms with van der Waals surface area (Å²) in [5.41, 5.74) is 4.47. The van der Waals surface area contributed by atoms with E-state index in [0.717, 1.165) is 23.1 Å². The lowest BCUT2D eigenvalue weighted by atomic mass is 9.99. The minimum Gasteiger partial charge on any atom is -0.480 e. The van der Waals surface area contributed by atoms with Gasteiger partial charge in [0, 0.05) is 12.3 Å². The zero-order valence-electron chi connectivity index (χ0n) is 21.2. The van der Waals surface area contributed by atoms with Crippen LogP contribution in [-0.2, 0) is 27.2 Å². The van der Waals surface area contributed by atoms with Crippen molar-refractivity contribution in [3.63, 3.8) is 0 Å². The third-order valence-electron chi connectivity index (χ3n) is 5.70. The molecule has 0 aliphatic rings. The maximum absolute atomic E-state index is 12.7. The number of aliphatic carboxylic acids is 1. The van der Waals surface area contributed by atoms with Crippen molar-refractivity contribution in [2.75, 3.05) is 6.54 Å². The average Bonchev–Trinajstić information content (AvgIpc) is 2.88. The highest BCUT2D eigenvalue weighted by molar-refractivity contribution is 5.90. The molecular formula is C30H36N2O4. The van der Waals surface area contributed by atoms with Crippen LogP contribution in [0.3, 0.4) is 0 Å². The van der Waals surface area contributed by atoms with Gasteiger partial charge in [0.2, 0.25) is 11.8 Å². The number of amides is 2. The van der Waals surface area contributed by atoms with E-state index in [4.69, 9.17) is 5.11 Å². The Morgan fingerprint density at radius 3 is 1.83 bits per heavy atom. The summed E-state index contributed by atoms with van der Waals surface area (Å²) in [7, 11) is 0. The third kappa shape index (κ3) is 11.0. The maximum Gasteiger partial charge on any atom is 0.322 e. The standard InChI is InChI=1S/C23H28N2O4.C7H8/c1-16-8-11-19(12-9-16)14-20(23(29)24-15-21(26)27)25-22(28)17(2)10-13-18-6-4-3-5-7-18;1-7-5-3-2-4-6-7/h3-9,11-12,17,20H,10,13-15H2,1-2H3,(H,24,29)(H,25,28)(H,26,27);2-6H,1H3/t17-,20+;/m1./s1. The van der Waals surface area contributed by atoms with Crippen molar-refractivity contribution >= 4 is 17.8 Å². The van der Waals surface area contributed by atoms with Gasteiger partial charge >= 0.3 is 5.97 Å². The van der Waals surface area contributed by atoms with Crippen LogP contribution in [0, 0.1) is 19.8 Å². The van der Waals surface area contributed by atoms with E-state index in [1.54, 1.807) is 0 Å². The van der Waals surface area contributed by atoms with Gasteiger partial charge in [0.15, 0.2) is 0 Å². The lowest BCUT2D eigenvalue weighted by Gasteiger charge is -2.21. The van der Waals surface area contributed by atoms with Crippen LogP contribution in [0.1, 0.15) is 35.6 Å². The monoisotopic (exact) mass is 488 g/mol. The number of rotatable bonds is 10. The number of carboxylic acid groups (broad SMARTS) is 1. The lowest BCUT2D eigenvalue weighted by Crippen LogP contribution is -2.50. The molecule has 0 bridgehead atoms. The van der Waals surface area contributed by atoms with E-state index in [0.29, 0.717) is 12.8 Å². The van der Waals surface area contributed by atoms with Crippen LogP contribution in [0.4, 0.5) is 0 Å². The highest BCUT2D eigenvalue weighted by Crippen LogP contribution is 2.11. The zero-order chi connectivity index (χ0) is 26.3. The smallest absolute Gasteiger partial charge is 0.322 e. The SMILES string of the molecule is Cc1ccc(C[C@H](NC(=O)[C@H](C)CCc2ccccc2)C(=O)NCC(=O)O)cc1.Cc1ccccc1. The molecule has 190 valence electrons. The van der Waals surface area contributed by atoms with Gasteiger partial charge in [-0.15, -0.1) is 0 Å². The molecule has 3 rings (SSSR count). The number of nitrogens with one attached hydrogen (secondary N) is 2. The fourth-order valence-electron chi connectivity index (χ4n) is 3.46. The van der Waals surface area contributed by atoms with Crippen molar-refractivity contribution in [1.29, 1.82) is 0 Å². The second-order valence-electron chi connectivity index (χ2n) is 8.94. The molecule has 0 fully saturated rings. The topological polar surface area (TPSA) is 95.5 Å². The first-order valence-corrected chi connectivity index (χ1v) is 12.2. The second kappa shape index (κ2) is 15.1. The molecule has 2 amide bonds. The Morgan fingerprint density at radius 2 is 1.31 bits per heavy atom. The molecule has 0 aromatic heterocycles. The Kier molecular flexibility index (Phi) is 11.9. The van der Waals surface area contributed by atoms with Crippen LogP contribution in [-0.4, -0.2) is 35.5 Å². The van der Waals surface area contributed by atoms with Gasteiger partial charge in [-0.05, 0) is 37.8 Å². The van der Waals surface area contributed by atoms with Gasteiger partial charge in [-0.25, -0.2) is 0 Å². The van der Waals surface area contributed by atoms with Crippen molar-refractivity contribution in [3.05, 3.63) is 107 Å². The molecule has 36 heavy (non-hydrogen) atoms. The third-order valence-corrected chi connectivity index (χ3v) is 5.70. The van der Waals surface area contributed by atoms with Crippen LogP contribution in [0.15, 0.2) is 84.9 Å². The molecule has 0 saturated carbocycles. The molecule has 0 heterocycles. The molecule has 0 saturated heterocycles. The summed E-state index contributed by atoms with van der Waals surface area (Å²) in [5.74, 6) is -2.13. The fraction of sp³-hybridized carbons (Fsp3) is 0.300. The van der Waals surface area contributed by atoms with Gasteiger partial charge in [-0.2, -0.15) is 0 Å². The van der Waals surface area contributed by atoms with Gasteiger partial charge < -0.3 is 15.7 Å². The molecule has 3 aromatic carbocycles. The zero-order valence-corrected chi connectivity index (χ0v) is 21.2. The van der Waals surface area contributed by atoms with Gasteiger partial charge in [0.05, 0.1) is 0 Å². The number of carbonyl (C=O) groups excluding carboxylic acids is 2. The summed E-state index contributed by atoms with van der Waals surface area (Å²) in [6.07, 6.45) is 1.72. The summed E-state index contributed by atoms with van der Waals surface area (Å²) in [4.78, 5) is 35.9. The first-order chi connectivity index (χ1) is 17.2. The minimum absolute atomic E-state index is 0.219. The van der Waals surface area contributed by atoms with E-state index in [9.17, 15) is 14.4 Å². The van der Waals surface area contributed by atoms with E-state index in [1.165, 1.54) is 5.56 Å². The normalized spacial score (nSPS) is 11.9. The molecule has 3 N–H and O–H groups in total. The summed E-state index contributed by atoms with van der Waals surface area (Å²) >= 11 is 0. The fourth-order valence-corrected chi connectivity index (χ4v) is 3.46. The van der Waals surface area contributed by atoms with Crippen molar-refractivity contribution in [2.24, 2.45) is 5.92 Å². The summed E-state index contributed by atoms with van der Waals surface area (Å²) in [6, 6.07) is 27.0. The van der Waals surface area contributed by atoms with Gasteiger partial charge in [-0.3, -0.25) is 14.4 Å². The van der Waals surface area contributed by atoms with Crippen LogP contribution in [0.5, 0.6) is 0 Å². The highest BCUT2D eigenvalue weighted by atomic mass is 16.4. The quantitative estimate of drug-likeness (QED) is 0.392. The number of carboxylic acids is 1. The summed E-state index contributed by atoms with van der Waals surface area (Å²) < 4.78 is 0. The first kappa shape index (κ1) is 28.3. The Labute approximate surface area is 213 Å². The van der Waals surface area contributed by atoms with Crippen LogP contribution >= 0.6 is 0 Å². The predicted octanol–water partition coefficient (Wildman–Crippen LogP) is 4.49. The minimum atomic E-state index is -1.13. The van der Waals surface area contributed by atoms with E-state index in [1.807, 2.05) is 86.6 Å². The second-order valence-corrected chi connectivity index (χ2v) is 8.94. The van der Waals surface area contributed by atoms with Crippen LogP contribution < -0.4 is 10.6 Å². The molecule has 0 radical (unpaired) electrons. The first-order valence-electron chi connectivity index (χ1n) is 12.2. The molecular weight excluding hydrogens is 452 g/mol. The van der Waals surface area contributed by atoms with E-state index >= 15 is 0 Å². The molecule has 0 aliphatic carbocycles. The number of hydrogen-bond donors (Lipinski definition) is 3. The summed E-state index contributed by atoms with van der Waals surface area (Å²) in [6.45, 7) is 5.40. The van der Waals surface area contributed by atoms with Gasteiger partial charge in [0.1, 0.15) is 12.6 Å². The van der Waals surface area contributed by atoms with E-state index in [-0.39, 0.29) is 11.8 Å². The molecule has 2 atom stereocenters. The Balaban J connectivity index is 0.000000558. The average molecular weight is 489 g/mol. The number of benzene rings is 3. The largest absolute Gasteiger partial charge is 0.480 e. The van der Waals surface area contributed by atoms with E-state index in [2.05, 4.69) is 29.7 Å². The van der Waals surface area contributed by atoms with E-state index < -0.39 is 24.5 Å². The van der Waals surface area contributed by atoms with Gasteiger partial charge in [0.25, 0.3) is 0 Å².